The molecule has 0 radical (unpaired) electrons. The molecule has 0 aromatic heterocycles. The quantitative estimate of drug-likeness (QED) is 0.920. The summed E-state index contributed by atoms with van der Waals surface area (Å²) in [5.41, 5.74) is 0.507. The van der Waals surface area contributed by atoms with Gasteiger partial charge in [-0.2, -0.15) is 0 Å². The second-order valence-electron chi connectivity index (χ2n) is 5.08. The summed E-state index contributed by atoms with van der Waals surface area (Å²) >= 11 is 0. The Bertz CT molecular complexity index is 546. The minimum absolute atomic E-state index is 0.00923. The van der Waals surface area contributed by atoms with Crippen molar-refractivity contribution in [2.45, 2.75) is 31.7 Å². The Morgan fingerprint density at radius 2 is 2.19 bits per heavy atom. The molecule has 0 aliphatic carbocycles. The molecule has 1 aromatic rings. The van der Waals surface area contributed by atoms with Gasteiger partial charge >= 0.3 is 5.97 Å². The van der Waals surface area contributed by atoms with E-state index >= 15 is 0 Å². The van der Waals surface area contributed by atoms with Gasteiger partial charge in [-0.3, -0.25) is 4.79 Å². The van der Waals surface area contributed by atoms with E-state index in [0.29, 0.717) is 18.5 Å². The predicted octanol–water partition coefficient (Wildman–Crippen LogP) is 1.84. The lowest BCUT2D eigenvalue weighted by Crippen LogP contribution is -2.48. The largest absolute Gasteiger partial charge is 0.494 e. The summed E-state index contributed by atoms with van der Waals surface area (Å²) in [6.07, 6.45) is 2.06. The maximum Gasteiger partial charge on any atom is 0.326 e. The van der Waals surface area contributed by atoms with Gasteiger partial charge in [-0.25, -0.2) is 9.18 Å². The fraction of sp³-hybridized carbons (Fsp3) is 0.467. The van der Waals surface area contributed by atoms with Gasteiger partial charge in [-0.15, -0.1) is 0 Å². The molecule has 6 heteroatoms. The highest BCUT2D eigenvalue weighted by atomic mass is 19.1. The van der Waals surface area contributed by atoms with Gasteiger partial charge in [-0.05, 0) is 37.0 Å². The molecule has 1 fully saturated rings. The van der Waals surface area contributed by atoms with Crippen LogP contribution in [0.2, 0.25) is 0 Å². The lowest BCUT2D eigenvalue weighted by atomic mass is 10.0. The highest BCUT2D eigenvalue weighted by Crippen LogP contribution is 2.21. The van der Waals surface area contributed by atoms with Crippen LogP contribution in [0.5, 0.6) is 5.75 Å². The molecule has 0 bridgehead atoms. The second-order valence-corrected chi connectivity index (χ2v) is 5.08. The van der Waals surface area contributed by atoms with Crippen molar-refractivity contribution in [1.82, 2.24) is 4.90 Å². The van der Waals surface area contributed by atoms with Gasteiger partial charge in [0.1, 0.15) is 6.04 Å². The summed E-state index contributed by atoms with van der Waals surface area (Å²) in [5.74, 6) is -1.68. The Morgan fingerprint density at radius 1 is 1.43 bits per heavy atom. The molecule has 5 nitrogen and oxygen atoms in total. The van der Waals surface area contributed by atoms with Crippen molar-refractivity contribution >= 4 is 11.9 Å². The van der Waals surface area contributed by atoms with Gasteiger partial charge in [-0.1, -0.05) is 6.07 Å². The number of halogens is 1. The molecule has 21 heavy (non-hydrogen) atoms. The van der Waals surface area contributed by atoms with E-state index in [9.17, 15) is 14.0 Å². The lowest BCUT2D eigenvalue weighted by Gasteiger charge is -2.33. The van der Waals surface area contributed by atoms with E-state index in [1.807, 2.05) is 0 Å². The van der Waals surface area contributed by atoms with Crippen molar-refractivity contribution in [3.8, 4) is 5.75 Å². The van der Waals surface area contributed by atoms with E-state index in [1.54, 1.807) is 6.07 Å². The number of aliphatic carboxylic acids is 1. The average molecular weight is 295 g/mol. The van der Waals surface area contributed by atoms with Crippen LogP contribution in [-0.2, 0) is 16.0 Å². The zero-order valence-electron chi connectivity index (χ0n) is 11.8. The van der Waals surface area contributed by atoms with Crippen LogP contribution in [0.3, 0.4) is 0 Å². The number of carbonyl (C=O) groups excluding carboxylic acids is 1. The van der Waals surface area contributed by atoms with Crippen molar-refractivity contribution in [2.75, 3.05) is 13.7 Å². The van der Waals surface area contributed by atoms with Crippen molar-refractivity contribution in [1.29, 1.82) is 0 Å². The molecule has 0 unspecified atom stereocenters. The van der Waals surface area contributed by atoms with Gasteiger partial charge in [0.05, 0.1) is 13.5 Å². The third-order valence-electron chi connectivity index (χ3n) is 3.68. The van der Waals surface area contributed by atoms with E-state index in [0.717, 1.165) is 12.8 Å². The standard InChI is InChI=1S/C15H18FNO4/c1-21-13-6-5-10(8-11(13)16)9-14(18)17-7-3-2-4-12(17)15(19)20/h5-6,8,12H,2-4,7,9H2,1H3,(H,19,20)/t12-/m1/s1. The van der Waals surface area contributed by atoms with Crippen LogP contribution < -0.4 is 4.74 Å². The molecule has 2 rings (SSSR count). The zero-order valence-corrected chi connectivity index (χ0v) is 11.8. The zero-order chi connectivity index (χ0) is 15.4. The number of carbonyl (C=O) groups is 2. The molecule has 1 saturated heterocycles. The molecule has 1 heterocycles. The summed E-state index contributed by atoms with van der Waals surface area (Å²) in [6, 6.07) is 3.55. The second kappa shape index (κ2) is 6.56. The Kier molecular flexibility index (Phi) is 4.77. The number of nitrogens with zero attached hydrogens (tertiary/aromatic N) is 1. The number of carboxylic acids is 1. The number of hydrogen-bond donors (Lipinski definition) is 1. The van der Waals surface area contributed by atoms with E-state index in [1.165, 1.54) is 24.1 Å². The van der Waals surface area contributed by atoms with Crippen LogP contribution in [0.4, 0.5) is 4.39 Å². The first-order valence-electron chi connectivity index (χ1n) is 6.87. The maximum absolute atomic E-state index is 13.6. The van der Waals surface area contributed by atoms with Crippen molar-refractivity contribution < 1.29 is 23.8 Å². The molecular weight excluding hydrogens is 277 g/mol. The SMILES string of the molecule is COc1ccc(CC(=O)N2CCCC[C@@H]2C(=O)O)cc1F. The Balaban J connectivity index is 2.09. The minimum Gasteiger partial charge on any atom is -0.494 e. The third kappa shape index (κ3) is 3.51. The fourth-order valence-electron chi connectivity index (χ4n) is 2.58. The van der Waals surface area contributed by atoms with E-state index in [-0.39, 0.29) is 18.1 Å². The van der Waals surface area contributed by atoms with Crippen LogP contribution in [0.1, 0.15) is 24.8 Å². The van der Waals surface area contributed by atoms with Crippen molar-refractivity contribution in [3.05, 3.63) is 29.6 Å². The normalized spacial score (nSPS) is 18.4. The summed E-state index contributed by atoms with van der Waals surface area (Å²) in [4.78, 5) is 24.8. The first kappa shape index (κ1) is 15.3. The number of amides is 1. The first-order chi connectivity index (χ1) is 10.0. The highest BCUT2D eigenvalue weighted by Gasteiger charge is 2.31. The molecule has 0 saturated carbocycles. The minimum atomic E-state index is -0.982. The summed E-state index contributed by atoms with van der Waals surface area (Å²) in [5, 5.41) is 9.17. The highest BCUT2D eigenvalue weighted by molar-refractivity contribution is 5.85. The number of benzene rings is 1. The van der Waals surface area contributed by atoms with Crippen LogP contribution >= 0.6 is 0 Å². The molecule has 1 aliphatic rings. The monoisotopic (exact) mass is 295 g/mol. The van der Waals surface area contributed by atoms with Gasteiger partial charge in [0.2, 0.25) is 5.91 Å². The molecule has 114 valence electrons. The molecule has 1 amide bonds. The average Bonchev–Trinajstić information content (AvgIpc) is 2.47. The van der Waals surface area contributed by atoms with E-state index in [2.05, 4.69) is 0 Å². The van der Waals surface area contributed by atoms with E-state index in [4.69, 9.17) is 9.84 Å². The number of rotatable bonds is 4. The van der Waals surface area contributed by atoms with Crippen LogP contribution in [0.25, 0.3) is 0 Å². The van der Waals surface area contributed by atoms with Gasteiger partial charge in [0, 0.05) is 6.54 Å². The molecule has 1 aromatic carbocycles. The third-order valence-corrected chi connectivity index (χ3v) is 3.68. The van der Waals surface area contributed by atoms with Gasteiger partial charge in [0.15, 0.2) is 11.6 Å². The Hall–Kier alpha value is -2.11. The molecular formula is C15H18FNO4. The summed E-state index contributed by atoms with van der Waals surface area (Å²) < 4.78 is 18.4. The maximum atomic E-state index is 13.6. The Labute approximate surface area is 122 Å². The Morgan fingerprint density at radius 3 is 2.81 bits per heavy atom. The summed E-state index contributed by atoms with van der Waals surface area (Å²) in [6.45, 7) is 0.439. The number of methoxy groups -OCH3 is 1. The van der Waals surface area contributed by atoms with Gasteiger partial charge < -0.3 is 14.7 Å². The van der Waals surface area contributed by atoms with Crippen molar-refractivity contribution in [3.63, 3.8) is 0 Å². The molecule has 1 aliphatic heterocycles. The first-order valence-corrected chi connectivity index (χ1v) is 6.87. The topological polar surface area (TPSA) is 66.8 Å². The smallest absolute Gasteiger partial charge is 0.326 e. The number of hydrogen-bond acceptors (Lipinski definition) is 3. The molecule has 0 spiro atoms. The number of ether oxygens (including phenoxy) is 1. The van der Waals surface area contributed by atoms with Crippen LogP contribution in [0.15, 0.2) is 18.2 Å². The van der Waals surface area contributed by atoms with Crippen LogP contribution in [-0.4, -0.2) is 41.6 Å². The van der Waals surface area contributed by atoms with Crippen molar-refractivity contribution in [2.24, 2.45) is 0 Å². The molecule has 1 N–H and O–H groups in total. The number of carboxylic acid groups (broad SMARTS) is 1. The number of likely N-dealkylation sites (tertiary alicyclic amines) is 1. The van der Waals surface area contributed by atoms with Crippen LogP contribution in [0, 0.1) is 5.82 Å². The van der Waals surface area contributed by atoms with Gasteiger partial charge in [0.25, 0.3) is 0 Å². The fourth-order valence-corrected chi connectivity index (χ4v) is 2.58. The summed E-state index contributed by atoms with van der Waals surface area (Å²) in [7, 11) is 1.37. The predicted molar refractivity (Wildman–Crippen MR) is 73.6 cm³/mol. The molecule has 1 atom stereocenters. The number of piperidine rings is 1. The lowest BCUT2D eigenvalue weighted by molar-refractivity contribution is -0.151. The van der Waals surface area contributed by atoms with E-state index < -0.39 is 17.8 Å².